The number of hydrogen-bond acceptors (Lipinski definition) is 1. The van der Waals surface area contributed by atoms with Crippen LogP contribution in [-0.2, 0) is 0 Å². The molecule has 3 aromatic carbocycles. The molecule has 1 nitrogen and oxygen atoms in total. The first-order chi connectivity index (χ1) is 10.1. The smallest absolute Gasteiger partial charge is 0.124 e. The van der Waals surface area contributed by atoms with Crippen LogP contribution in [0.15, 0.2) is 63.5 Å². The van der Waals surface area contributed by atoms with E-state index in [-0.39, 0.29) is 5.82 Å². The van der Waals surface area contributed by atoms with E-state index < -0.39 is 6.10 Å². The van der Waals surface area contributed by atoms with Crippen LogP contribution in [0.3, 0.4) is 0 Å². The summed E-state index contributed by atoms with van der Waals surface area (Å²) in [6, 6.07) is 16.0. The number of hydrogen-bond donors (Lipinski definition) is 1. The van der Waals surface area contributed by atoms with E-state index in [9.17, 15) is 9.50 Å². The summed E-state index contributed by atoms with van der Waals surface area (Å²) < 4.78 is 15.1. The fourth-order valence-corrected chi connectivity index (χ4v) is 3.40. The Morgan fingerprint density at radius 1 is 0.905 bits per heavy atom. The Labute approximate surface area is 138 Å². The second-order valence-corrected chi connectivity index (χ2v) is 6.56. The maximum atomic E-state index is 13.5. The highest BCUT2D eigenvalue weighted by molar-refractivity contribution is 9.11. The van der Waals surface area contributed by atoms with Gasteiger partial charge in [0, 0.05) is 8.95 Å². The topological polar surface area (TPSA) is 20.2 Å². The van der Waals surface area contributed by atoms with Gasteiger partial charge in [-0.15, -0.1) is 0 Å². The largest absolute Gasteiger partial charge is 0.384 e. The van der Waals surface area contributed by atoms with Crippen molar-refractivity contribution in [2.45, 2.75) is 6.10 Å². The molecule has 0 aliphatic rings. The molecule has 0 aliphatic heterocycles. The monoisotopic (exact) mass is 408 g/mol. The van der Waals surface area contributed by atoms with Crippen LogP contribution in [0, 0.1) is 5.82 Å². The zero-order valence-electron chi connectivity index (χ0n) is 10.9. The molecule has 0 spiro atoms. The van der Waals surface area contributed by atoms with Crippen molar-refractivity contribution in [2.24, 2.45) is 0 Å². The molecule has 3 rings (SSSR count). The van der Waals surface area contributed by atoms with Crippen molar-refractivity contribution in [1.82, 2.24) is 0 Å². The fraction of sp³-hybridized carbons (Fsp3) is 0.0588. The molecule has 0 bridgehead atoms. The SMILES string of the molecule is OC(c1cc(F)cc(Br)c1)c1ccc(Br)c2ccccc12. The zero-order valence-corrected chi connectivity index (χ0v) is 14.0. The highest BCUT2D eigenvalue weighted by Crippen LogP contribution is 2.33. The lowest BCUT2D eigenvalue weighted by atomic mass is 9.96. The van der Waals surface area contributed by atoms with Gasteiger partial charge >= 0.3 is 0 Å². The van der Waals surface area contributed by atoms with Gasteiger partial charge in [0.25, 0.3) is 0 Å². The third kappa shape index (κ3) is 2.89. The molecule has 0 aliphatic carbocycles. The van der Waals surface area contributed by atoms with Gasteiger partial charge in [-0.1, -0.05) is 62.2 Å². The van der Waals surface area contributed by atoms with E-state index in [1.165, 1.54) is 12.1 Å². The van der Waals surface area contributed by atoms with E-state index in [4.69, 9.17) is 0 Å². The number of rotatable bonds is 2. The summed E-state index contributed by atoms with van der Waals surface area (Å²) in [4.78, 5) is 0. The van der Waals surface area contributed by atoms with E-state index in [1.807, 2.05) is 36.4 Å². The number of fused-ring (bicyclic) bond motifs is 1. The Morgan fingerprint density at radius 2 is 1.62 bits per heavy atom. The van der Waals surface area contributed by atoms with Crippen LogP contribution < -0.4 is 0 Å². The van der Waals surface area contributed by atoms with Gasteiger partial charge in [0.2, 0.25) is 0 Å². The Balaban J connectivity index is 2.18. The Bertz CT molecular complexity index is 797. The molecular formula is C17H11Br2FO. The van der Waals surface area contributed by atoms with Gasteiger partial charge in [-0.3, -0.25) is 0 Å². The second kappa shape index (κ2) is 5.87. The van der Waals surface area contributed by atoms with Crippen LogP contribution in [-0.4, -0.2) is 5.11 Å². The third-order valence-corrected chi connectivity index (χ3v) is 4.55. The summed E-state index contributed by atoms with van der Waals surface area (Å²) in [5, 5.41) is 12.6. The lowest BCUT2D eigenvalue weighted by Gasteiger charge is -2.15. The molecular weight excluding hydrogens is 399 g/mol. The summed E-state index contributed by atoms with van der Waals surface area (Å²) in [6.07, 6.45) is -0.880. The van der Waals surface area contributed by atoms with E-state index in [2.05, 4.69) is 31.9 Å². The van der Waals surface area contributed by atoms with Gasteiger partial charge in [0.15, 0.2) is 0 Å². The van der Waals surface area contributed by atoms with Crippen molar-refractivity contribution in [2.75, 3.05) is 0 Å². The van der Waals surface area contributed by atoms with Crippen LogP contribution in [0.2, 0.25) is 0 Å². The van der Waals surface area contributed by atoms with Crippen LogP contribution in [0.25, 0.3) is 10.8 Å². The number of halogens is 3. The number of benzene rings is 3. The molecule has 106 valence electrons. The molecule has 0 fully saturated rings. The summed E-state index contributed by atoms with van der Waals surface area (Å²) in [6.45, 7) is 0. The molecule has 0 saturated heterocycles. The first-order valence-electron chi connectivity index (χ1n) is 6.37. The van der Waals surface area contributed by atoms with E-state index in [1.54, 1.807) is 6.07 Å². The van der Waals surface area contributed by atoms with Gasteiger partial charge in [-0.05, 0) is 46.2 Å². The predicted octanol–water partition coefficient (Wildman–Crippen LogP) is 5.59. The van der Waals surface area contributed by atoms with Gasteiger partial charge in [-0.2, -0.15) is 0 Å². The van der Waals surface area contributed by atoms with Crippen molar-refractivity contribution in [3.05, 3.63) is 80.5 Å². The predicted molar refractivity (Wildman–Crippen MR) is 89.8 cm³/mol. The van der Waals surface area contributed by atoms with Crippen molar-refractivity contribution in [3.63, 3.8) is 0 Å². The second-order valence-electron chi connectivity index (χ2n) is 4.79. The van der Waals surface area contributed by atoms with E-state index in [0.717, 1.165) is 20.8 Å². The van der Waals surface area contributed by atoms with Gasteiger partial charge in [-0.25, -0.2) is 4.39 Å². The Morgan fingerprint density at radius 3 is 2.33 bits per heavy atom. The molecule has 0 heterocycles. The molecule has 1 atom stereocenters. The minimum Gasteiger partial charge on any atom is -0.384 e. The minimum absolute atomic E-state index is 0.375. The highest BCUT2D eigenvalue weighted by atomic mass is 79.9. The fourth-order valence-electron chi connectivity index (χ4n) is 2.44. The standard InChI is InChI=1S/C17H11Br2FO/c18-11-7-10(8-12(20)9-11)17(21)15-5-6-16(19)14-4-2-1-3-13(14)15/h1-9,17,21H. The van der Waals surface area contributed by atoms with Gasteiger partial charge < -0.3 is 5.11 Å². The van der Waals surface area contributed by atoms with Gasteiger partial charge in [0.1, 0.15) is 11.9 Å². The minimum atomic E-state index is -0.880. The molecule has 21 heavy (non-hydrogen) atoms. The van der Waals surface area contributed by atoms with E-state index in [0.29, 0.717) is 10.0 Å². The molecule has 3 aromatic rings. The van der Waals surface area contributed by atoms with Gasteiger partial charge in [0.05, 0.1) is 0 Å². The van der Waals surface area contributed by atoms with Crippen molar-refractivity contribution < 1.29 is 9.50 Å². The maximum absolute atomic E-state index is 13.5. The first kappa shape index (κ1) is 14.7. The Kier molecular flexibility index (Phi) is 4.11. The van der Waals surface area contributed by atoms with Crippen LogP contribution in [0.4, 0.5) is 4.39 Å². The van der Waals surface area contributed by atoms with Crippen LogP contribution in [0.5, 0.6) is 0 Å². The lowest BCUT2D eigenvalue weighted by molar-refractivity contribution is 0.221. The van der Waals surface area contributed by atoms with Crippen LogP contribution in [0.1, 0.15) is 17.2 Å². The first-order valence-corrected chi connectivity index (χ1v) is 7.96. The summed E-state index contributed by atoms with van der Waals surface area (Å²) in [5.41, 5.74) is 1.28. The quantitative estimate of drug-likeness (QED) is 0.585. The molecule has 0 saturated carbocycles. The van der Waals surface area contributed by atoms with E-state index >= 15 is 0 Å². The van der Waals surface area contributed by atoms with Crippen molar-refractivity contribution >= 4 is 42.6 Å². The molecule has 0 radical (unpaired) electrons. The molecule has 0 amide bonds. The summed E-state index contributed by atoms with van der Waals surface area (Å²) >= 11 is 6.77. The van der Waals surface area contributed by atoms with Crippen molar-refractivity contribution in [3.8, 4) is 0 Å². The summed E-state index contributed by atoms with van der Waals surface area (Å²) in [7, 11) is 0. The zero-order chi connectivity index (χ0) is 15.0. The third-order valence-electron chi connectivity index (χ3n) is 3.40. The number of aliphatic hydroxyl groups is 1. The van der Waals surface area contributed by atoms with Crippen LogP contribution >= 0.6 is 31.9 Å². The molecule has 4 heteroatoms. The average molecular weight is 410 g/mol. The summed E-state index contributed by atoms with van der Waals surface area (Å²) in [5.74, 6) is -0.375. The lowest BCUT2D eigenvalue weighted by Crippen LogP contribution is -2.01. The maximum Gasteiger partial charge on any atom is 0.124 e. The Hall–Kier alpha value is -1.23. The molecule has 1 unspecified atom stereocenters. The molecule has 0 aromatic heterocycles. The normalized spacial score (nSPS) is 12.6. The van der Waals surface area contributed by atoms with Crippen molar-refractivity contribution in [1.29, 1.82) is 0 Å². The molecule has 1 N–H and O–H groups in total. The average Bonchev–Trinajstić information content (AvgIpc) is 2.46. The number of aliphatic hydroxyl groups excluding tert-OH is 1. The highest BCUT2D eigenvalue weighted by Gasteiger charge is 2.16.